The summed E-state index contributed by atoms with van der Waals surface area (Å²) in [5.74, 6) is -0.118. The van der Waals surface area contributed by atoms with Gasteiger partial charge in [0.2, 0.25) is 0 Å². The number of nitrogens with two attached hydrogens (primary N) is 1. The Balaban J connectivity index is 0.000000309. The van der Waals surface area contributed by atoms with Gasteiger partial charge in [-0.2, -0.15) is 0 Å². The number of rotatable bonds is 4. The summed E-state index contributed by atoms with van der Waals surface area (Å²) in [4.78, 5) is 20.0. The maximum atomic E-state index is 11.7. The molecule has 2 aromatic heterocycles. The number of nitrogens with zero attached hydrogens (tertiary/aromatic N) is 2. The Morgan fingerprint density at radius 3 is 1.89 bits per heavy atom. The normalized spacial score (nSPS) is 13.2. The molecule has 5 nitrogen and oxygen atoms in total. The zero-order valence-corrected chi connectivity index (χ0v) is 19.5. The average molecular weight is 501 g/mol. The molecule has 2 heterocycles. The lowest BCUT2D eigenvalue weighted by Crippen LogP contribution is -2.24. The second kappa shape index (κ2) is 10.9. The van der Waals surface area contributed by atoms with Gasteiger partial charge in [0.25, 0.3) is 0 Å². The van der Waals surface area contributed by atoms with Crippen molar-refractivity contribution in [3.05, 3.63) is 57.0 Å². The number of ether oxygens (including phenoxy) is 1. The van der Waals surface area contributed by atoms with E-state index in [-0.39, 0.29) is 17.9 Å². The van der Waals surface area contributed by atoms with Crippen LogP contribution in [0.4, 0.5) is 0 Å². The van der Waals surface area contributed by atoms with Crippen LogP contribution in [0.1, 0.15) is 64.4 Å². The van der Waals surface area contributed by atoms with Gasteiger partial charge in [-0.05, 0) is 83.8 Å². The third kappa shape index (κ3) is 9.98. The summed E-state index contributed by atoms with van der Waals surface area (Å²) in [5.41, 5.74) is 6.98. The van der Waals surface area contributed by atoms with Crippen LogP contribution in [0.3, 0.4) is 0 Å². The molecule has 0 amide bonds. The van der Waals surface area contributed by atoms with Gasteiger partial charge in [-0.25, -0.2) is 0 Å². The van der Waals surface area contributed by atoms with Gasteiger partial charge >= 0.3 is 5.97 Å². The van der Waals surface area contributed by atoms with Crippen molar-refractivity contribution < 1.29 is 9.53 Å². The first-order valence-electron chi connectivity index (χ1n) is 8.68. The number of halogens is 2. The van der Waals surface area contributed by atoms with E-state index in [0.717, 1.165) is 20.3 Å². The van der Waals surface area contributed by atoms with Gasteiger partial charge in [0, 0.05) is 39.0 Å². The standard InChI is InChI=1S/C13H18BrNO2.C7H9BrN2/c1-9(7-12(16)17-13(2,3)4)11-6-5-10(14)8-15-11;1-5(9)7-3-2-6(8)4-10-7/h5-6,8-9H,7H2,1-4H3;2-5H,9H2,1H3/t9-;5-/m10/s1. The SMILES string of the molecule is C[C@H](CC(=O)OC(C)(C)C)c1ccc(Br)cn1.C[C@H](N)c1ccc(Br)cn1. The lowest BCUT2D eigenvalue weighted by atomic mass is 10.0. The van der Waals surface area contributed by atoms with Crippen molar-refractivity contribution in [1.29, 1.82) is 0 Å². The summed E-state index contributed by atoms with van der Waals surface area (Å²) in [6.45, 7) is 9.49. The lowest BCUT2D eigenvalue weighted by molar-refractivity contribution is -0.155. The molecular weight excluding hydrogens is 474 g/mol. The number of pyridine rings is 2. The smallest absolute Gasteiger partial charge is 0.306 e. The van der Waals surface area contributed by atoms with Crippen molar-refractivity contribution in [3.8, 4) is 0 Å². The second-order valence-corrected chi connectivity index (χ2v) is 9.11. The molecule has 0 saturated carbocycles. The van der Waals surface area contributed by atoms with E-state index in [4.69, 9.17) is 10.5 Å². The van der Waals surface area contributed by atoms with Crippen molar-refractivity contribution in [3.63, 3.8) is 0 Å². The van der Waals surface area contributed by atoms with Gasteiger partial charge in [-0.15, -0.1) is 0 Å². The van der Waals surface area contributed by atoms with Gasteiger partial charge in [-0.3, -0.25) is 14.8 Å². The summed E-state index contributed by atoms with van der Waals surface area (Å²) >= 11 is 6.62. The average Bonchev–Trinajstić information content (AvgIpc) is 2.54. The number of carbonyl (C=O) groups excluding carboxylic acids is 1. The Bertz CT molecular complexity index is 712. The molecule has 27 heavy (non-hydrogen) atoms. The Labute approximate surface area is 178 Å². The minimum Gasteiger partial charge on any atom is -0.460 e. The number of hydrogen-bond acceptors (Lipinski definition) is 5. The van der Waals surface area contributed by atoms with Crippen molar-refractivity contribution in [2.75, 3.05) is 0 Å². The molecule has 2 N–H and O–H groups in total. The summed E-state index contributed by atoms with van der Waals surface area (Å²) in [6, 6.07) is 7.71. The van der Waals surface area contributed by atoms with Crippen LogP contribution in [-0.2, 0) is 9.53 Å². The lowest BCUT2D eigenvalue weighted by Gasteiger charge is -2.20. The molecule has 7 heteroatoms. The van der Waals surface area contributed by atoms with E-state index >= 15 is 0 Å². The Kier molecular flexibility index (Phi) is 9.56. The largest absolute Gasteiger partial charge is 0.460 e. The highest BCUT2D eigenvalue weighted by atomic mass is 79.9. The molecule has 2 rings (SSSR count). The molecule has 0 fully saturated rings. The third-order valence-electron chi connectivity index (χ3n) is 3.36. The molecule has 0 unspecified atom stereocenters. The van der Waals surface area contributed by atoms with E-state index in [1.165, 1.54) is 0 Å². The molecule has 0 saturated heterocycles. The third-order valence-corrected chi connectivity index (χ3v) is 4.30. The zero-order chi connectivity index (χ0) is 20.6. The highest BCUT2D eigenvalue weighted by molar-refractivity contribution is 9.10. The van der Waals surface area contributed by atoms with Crippen molar-refractivity contribution in [2.45, 2.75) is 58.6 Å². The molecule has 2 aromatic rings. The fourth-order valence-corrected chi connectivity index (χ4v) is 2.54. The van der Waals surface area contributed by atoms with Crippen LogP contribution < -0.4 is 5.73 Å². The van der Waals surface area contributed by atoms with Crippen LogP contribution in [0.15, 0.2) is 45.6 Å². The summed E-state index contributed by atoms with van der Waals surface area (Å²) in [6.07, 6.45) is 3.84. The quantitative estimate of drug-likeness (QED) is 0.557. The molecule has 2 atom stereocenters. The van der Waals surface area contributed by atoms with Gasteiger partial charge in [-0.1, -0.05) is 6.92 Å². The Morgan fingerprint density at radius 1 is 1.04 bits per heavy atom. The topological polar surface area (TPSA) is 78.1 Å². The first kappa shape index (κ1) is 23.7. The molecule has 0 aliphatic carbocycles. The van der Waals surface area contributed by atoms with Crippen LogP contribution in [0.5, 0.6) is 0 Å². The monoisotopic (exact) mass is 499 g/mol. The van der Waals surface area contributed by atoms with Crippen molar-refractivity contribution in [1.82, 2.24) is 9.97 Å². The number of esters is 1. The number of hydrogen-bond donors (Lipinski definition) is 1. The fraction of sp³-hybridized carbons (Fsp3) is 0.450. The number of aromatic nitrogens is 2. The van der Waals surface area contributed by atoms with E-state index in [1.807, 2.05) is 58.9 Å². The van der Waals surface area contributed by atoms with E-state index in [0.29, 0.717) is 6.42 Å². The molecule has 0 radical (unpaired) electrons. The van der Waals surface area contributed by atoms with E-state index < -0.39 is 5.60 Å². The Morgan fingerprint density at radius 2 is 1.52 bits per heavy atom. The maximum Gasteiger partial charge on any atom is 0.306 e. The zero-order valence-electron chi connectivity index (χ0n) is 16.4. The second-order valence-electron chi connectivity index (χ2n) is 7.28. The highest BCUT2D eigenvalue weighted by Crippen LogP contribution is 2.20. The van der Waals surface area contributed by atoms with Gasteiger partial charge < -0.3 is 10.5 Å². The molecule has 148 valence electrons. The predicted octanol–water partition coefficient (Wildman–Crippen LogP) is 5.54. The van der Waals surface area contributed by atoms with Crippen molar-refractivity contribution in [2.24, 2.45) is 5.73 Å². The number of carbonyl (C=O) groups is 1. The maximum absolute atomic E-state index is 11.7. The van der Waals surface area contributed by atoms with Crippen LogP contribution in [-0.4, -0.2) is 21.5 Å². The fourth-order valence-electron chi connectivity index (χ4n) is 2.07. The highest BCUT2D eigenvalue weighted by Gasteiger charge is 2.19. The van der Waals surface area contributed by atoms with Crippen LogP contribution in [0.25, 0.3) is 0 Å². The minimum atomic E-state index is -0.427. The van der Waals surface area contributed by atoms with Crippen LogP contribution in [0, 0.1) is 0 Å². The van der Waals surface area contributed by atoms with Crippen molar-refractivity contribution >= 4 is 37.8 Å². The Hall–Kier alpha value is -1.31. The van der Waals surface area contributed by atoms with Gasteiger partial charge in [0.1, 0.15) is 5.60 Å². The molecule has 0 bridgehead atoms. The summed E-state index contributed by atoms with van der Waals surface area (Å²) in [5, 5.41) is 0. The van der Waals surface area contributed by atoms with E-state index in [2.05, 4.69) is 41.8 Å². The van der Waals surface area contributed by atoms with Crippen LogP contribution in [0.2, 0.25) is 0 Å². The molecular formula is C20H27Br2N3O2. The molecule has 0 aliphatic rings. The molecule has 0 aliphatic heterocycles. The van der Waals surface area contributed by atoms with Crippen LogP contribution >= 0.6 is 31.9 Å². The predicted molar refractivity (Wildman–Crippen MR) is 115 cm³/mol. The molecule has 0 spiro atoms. The van der Waals surface area contributed by atoms with E-state index in [1.54, 1.807) is 12.4 Å². The summed E-state index contributed by atoms with van der Waals surface area (Å²) < 4.78 is 7.20. The van der Waals surface area contributed by atoms with Gasteiger partial charge in [0.05, 0.1) is 12.1 Å². The van der Waals surface area contributed by atoms with E-state index in [9.17, 15) is 4.79 Å². The molecule has 0 aromatic carbocycles. The minimum absolute atomic E-state index is 0.0214. The summed E-state index contributed by atoms with van der Waals surface area (Å²) in [7, 11) is 0. The first-order valence-corrected chi connectivity index (χ1v) is 10.3. The first-order chi connectivity index (χ1) is 12.5. The van der Waals surface area contributed by atoms with Gasteiger partial charge in [0.15, 0.2) is 0 Å².